The van der Waals surface area contributed by atoms with Crippen molar-refractivity contribution in [2.24, 2.45) is 5.73 Å². The second-order valence-electron chi connectivity index (χ2n) is 2.74. The Bertz CT molecular complexity index is 162. The van der Waals surface area contributed by atoms with Crippen LogP contribution in [0.3, 0.4) is 0 Å². The third kappa shape index (κ3) is 1.61. The maximum absolute atomic E-state index is 10.6. The van der Waals surface area contributed by atoms with Crippen molar-refractivity contribution < 1.29 is 9.90 Å². The highest BCUT2D eigenvalue weighted by Crippen LogP contribution is 2.06. The van der Waals surface area contributed by atoms with Gasteiger partial charge in [0.1, 0.15) is 0 Å². The average molecular weight is 159 g/mol. The normalized spacial score (nSPS) is 30.4. The lowest BCUT2D eigenvalue weighted by Crippen LogP contribution is -2.46. The SMILES string of the molecule is CN(C(N)=O)C1CNCC1O. The average Bonchev–Trinajstić information content (AvgIpc) is 2.33. The van der Waals surface area contributed by atoms with Crippen molar-refractivity contribution >= 4 is 6.03 Å². The van der Waals surface area contributed by atoms with Crippen LogP contribution in [0, 0.1) is 0 Å². The van der Waals surface area contributed by atoms with Crippen LogP contribution in [0.2, 0.25) is 0 Å². The molecular weight excluding hydrogens is 146 g/mol. The molecule has 0 aromatic carbocycles. The van der Waals surface area contributed by atoms with E-state index in [4.69, 9.17) is 5.73 Å². The number of likely N-dealkylation sites (N-methyl/N-ethyl adjacent to an activating group) is 1. The molecule has 2 unspecified atom stereocenters. The highest BCUT2D eigenvalue weighted by atomic mass is 16.3. The molecule has 0 radical (unpaired) electrons. The van der Waals surface area contributed by atoms with E-state index in [-0.39, 0.29) is 6.04 Å². The minimum atomic E-state index is -0.502. The number of nitrogens with one attached hydrogen (secondary N) is 1. The van der Waals surface area contributed by atoms with E-state index in [2.05, 4.69) is 5.32 Å². The fourth-order valence-corrected chi connectivity index (χ4v) is 1.21. The number of β-amino-alcohol motifs (C(OH)–C–C–N with tert-alkyl or cyclic N) is 1. The van der Waals surface area contributed by atoms with Crippen LogP contribution in [0.5, 0.6) is 0 Å². The monoisotopic (exact) mass is 159 g/mol. The van der Waals surface area contributed by atoms with Gasteiger partial charge in [0.15, 0.2) is 0 Å². The predicted octanol–water partition coefficient (Wildman–Crippen LogP) is -1.67. The lowest BCUT2D eigenvalue weighted by Gasteiger charge is -2.24. The van der Waals surface area contributed by atoms with Crippen LogP contribution >= 0.6 is 0 Å². The van der Waals surface area contributed by atoms with Gasteiger partial charge in [0.2, 0.25) is 0 Å². The van der Waals surface area contributed by atoms with Gasteiger partial charge in [-0.3, -0.25) is 0 Å². The molecule has 0 bridgehead atoms. The summed E-state index contributed by atoms with van der Waals surface area (Å²) >= 11 is 0. The zero-order valence-electron chi connectivity index (χ0n) is 6.45. The molecule has 2 amide bonds. The summed E-state index contributed by atoms with van der Waals surface area (Å²) in [5.41, 5.74) is 5.03. The van der Waals surface area contributed by atoms with E-state index < -0.39 is 12.1 Å². The zero-order chi connectivity index (χ0) is 8.43. The molecule has 1 rings (SSSR count). The number of amides is 2. The lowest BCUT2D eigenvalue weighted by atomic mass is 10.2. The zero-order valence-corrected chi connectivity index (χ0v) is 6.45. The van der Waals surface area contributed by atoms with Gasteiger partial charge in [0.05, 0.1) is 12.1 Å². The Kier molecular flexibility index (Phi) is 2.31. The van der Waals surface area contributed by atoms with E-state index in [1.807, 2.05) is 0 Å². The number of primary amides is 1. The third-order valence-electron chi connectivity index (χ3n) is 2.00. The van der Waals surface area contributed by atoms with E-state index in [1.165, 1.54) is 4.90 Å². The van der Waals surface area contributed by atoms with Gasteiger partial charge in [0.25, 0.3) is 0 Å². The Morgan fingerprint density at radius 2 is 2.36 bits per heavy atom. The second kappa shape index (κ2) is 3.06. The summed E-state index contributed by atoms with van der Waals surface area (Å²) in [5.74, 6) is 0. The second-order valence-corrected chi connectivity index (χ2v) is 2.74. The number of aliphatic hydroxyl groups is 1. The van der Waals surface area contributed by atoms with Crippen molar-refractivity contribution in [3.05, 3.63) is 0 Å². The van der Waals surface area contributed by atoms with Crippen molar-refractivity contribution in [1.29, 1.82) is 0 Å². The molecule has 5 heteroatoms. The Morgan fingerprint density at radius 1 is 1.73 bits per heavy atom. The fraction of sp³-hybridized carbons (Fsp3) is 0.833. The quantitative estimate of drug-likeness (QED) is 0.428. The number of rotatable bonds is 1. The van der Waals surface area contributed by atoms with Gasteiger partial charge in [-0.25, -0.2) is 4.79 Å². The van der Waals surface area contributed by atoms with Gasteiger partial charge in [0, 0.05) is 20.1 Å². The van der Waals surface area contributed by atoms with Crippen molar-refractivity contribution in [3.63, 3.8) is 0 Å². The molecule has 4 N–H and O–H groups in total. The van der Waals surface area contributed by atoms with Crippen LogP contribution in [-0.2, 0) is 0 Å². The molecule has 64 valence electrons. The number of urea groups is 1. The number of aliphatic hydroxyl groups excluding tert-OH is 1. The number of carbonyl (C=O) groups excluding carboxylic acids is 1. The van der Waals surface area contributed by atoms with E-state index in [9.17, 15) is 9.90 Å². The number of hydrogen-bond donors (Lipinski definition) is 3. The summed E-state index contributed by atoms with van der Waals surface area (Å²) in [7, 11) is 1.59. The van der Waals surface area contributed by atoms with E-state index in [0.29, 0.717) is 13.1 Å². The van der Waals surface area contributed by atoms with Gasteiger partial charge in [-0.2, -0.15) is 0 Å². The van der Waals surface area contributed by atoms with Gasteiger partial charge in [-0.1, -0.05) is 0 Å². The molecule has 1 aliphatic rings. The Labute approximate surface area is 65.2 Å². The molecule has 5 nitrogen and oxygen atoms in total. The highest BCUT2D eigenvalue weighted by molar-refractivity contribution is 5.72. The Balaban J connectivity index is 2.52. The Hall–Kier alpha value is -0.810. The summed E-state index contributed by atoms with van der Waals surface area (Å²) < 4.78 is 0. The first-order valence-corrected chi connectivity index (χ1v) is 3.54. The summed E-state index contributed by atoms with van der Waals surface area (Å²) in [4.78, 5) is 12.0. The van der Waals surface area contributed by atoms with Crippen LogP contribution in [0.25, 0.3) is 0 Å². The van der Waals surface area contributed by atoms with Gasteiger partial charge < -0.3 is 21.1 Å². The first-order chi connectivity index (χ1) is 5.13. The molecule has 1 saturated heterocycles. The molecule has 0 spiro atoms. The van der Waals surface area contributed by atoms with E-state index >= 15 is 0 Å². The third-order valence-corrected chi connectivity index (χ3v) is 2.00. The van der Waals surface area contributed by atoms with Gasteiger partial charge in [-0.05, 0) is 0 Å². The van der Waals surface area contributed by atoms with Gasteiger partial charge in [-0.15, -0.1) is 0 Å². The number of carbonyl (C=O) groups is 1. The largest absolute Gasteiger partial charge is 0.390 e. The molecule has 2 atom stereocenters. The smallest absolute Gasteiger partial charge is 0.314 e. The summed E-state index contributed by atoms with van der Waals surface area (Å²) in [6.07, 6.45) is -0.493. The van der Waals surface area contributed by atoms with Crippen LogP contribution in [0.1, 0.15) is 0 Å². The minimum absolute atomic E-state index is 0.174. The molecule has 0 saturated carbocycles. The van der Waals surface area contributed by atoms with E-state index in [0.717, 1.165) is 0 Å². The molecule has 0 aliphatic carbocycles. The van der Waals surface area contributed by atoms with Crippen molar-refractivity contribution in [2.75, 3.05) is 20.1 Å². The number of nitrogens with zero attached hydrogens (tertiary/aromatic N) is 1. The predicted molar refractivity (Wildman–Crippen MR) is 40.0 cm³/mol. The first-order valence-electron chi connectivity index (χ1n) is 3.54. The van der Waals surface area contributed by atoms with Gasteiger partial charge >= 0.3 is 6.03 Å². The molecule has 1 fully saturated rings. The Morgan fingerprint density at radius 3 is 2.73 bits per heavy atom. The summed E-state index contributed by atoms with van der Waals surface area (Å²) in [6, 6.07) is -0.676. The maximum atomic E-state index is 10.6. The van der Waals surface area contributed by atoms with Crippen LogP contribution in [0.15, 0.2) is 0 Å². The molecule has 1 aliphatic heterocycles. The van der Waals surface area contributed by atoms with Crippen LogP contribution < -0.4 is 11.1 Å². The fourth-order valence-electron chi connectivity index (χ4n) is 1.21. The highest BCUT2D eigenvalue weighted by Gasteiger charge is 2.29. The summed E-state index contributed by atoms with van der Waals surface area (Å²) in [5, 5.41) is 12.3. The van der Waals surface area contributed by atoms with Crippen molar-refractivity contribution in [1.82, 2.24) is 10.2 Å². The summed E-state index contributed by atoms with van der Waals surface area (Å²) in [6.45, 7) is 1.14. The van der Waals surface area contributed by atoms with Crippen molar-refractivity contribution in [3.8, 4) is 0 Å². The van der Waals surface area contributed by atoms with Crippen LogP contribution in [-0.4, -0.2) is 48.3 Å². The molecule has 11 heavy (non-hydrogen) atoms. The molecule has 0 aromatic heterocycles. The maximum Gasteiger partial charge on any atom is 0.314 e. The molecule has 1 heterocycles. The molecular formula is C6H13N3O2. The minimum Gasteiger partial charge on any atom is -0.390 e. The first kappa shape index (κ1) is 8.29. The lowest BCUT2D eigenvalue weighted by molar-refractivity contribution is 0.113. The number of nitrogens with two attached hydrogens (primary N) is 1. The van der Waals surface area contributed by atoms with Crippen molar-refractivity contribution in [2.45, 2.75) is 12.1 Å². The standard InChI is InChI=1S/C6H13N3O2/c1-9(6(7)11)4-2-8-3-5(4)10/h4-5,8,10H,2-3H2,1H3,(H2,7,11). The molecule has 0 aromatic rings. The topological polar surface area (TPSA) is 78.6 Å². The number of hydrogen-bond acceptors (Lipinski definition) is 3. The van der Waals surface area contributed by atoms with Crippen LogP contribution in [0.4, 0.5) is 4.79 Å². The van der Waals surface area contributed by atoms with E-state index in [1.54, 1.807) is 7.05 Å².